The molecule has 0 spiro atoms. The highest BCUT2D eigenvalue weighted by atomic mass is 32.1. The van der Waals surface area contributed by atoms with Gasteiger partial charge in [0.05, 0.1) is 10.2 Å². The topological polar surface area (TPSA) is 45.6 Å². The number of thiazole rings is 1. The van der Waals surface area contributed by atoms with E-state index >= 15 is 0 Å². The summed E-state index contributed by atoms with van der Waals surface area (Å²) in [6, 6.07) is 12.8. The van der Waals surface area contributed by atoms with E-state index in [9.17, 15) is 5.11 Å². The van der Waals surface area contributed by atoms with E-state index in [0.29, 0.717) is 18.4 Å². The third-order valence-corrected chi connectivity index (χ3v) is 6.86. The van der Waals surface area contributed by atoms with Crippen LogP contribution < -0.4 is 4.74 Å². The van der Waals surface area contributed by atoms with Crippen LogP contribution in [0.2, 0.25) is 0 Å². The van der Waals surface area contributed by atoms with Crippen molar-refractivity contribution in [2.45, 2.75) is 44.7 Å². The van der Waals surface area contributed by atoms with Crippen LogP contribution in [0.1, 0.15) is 37.7 Å². The van der Waals surface area contributed by atoms with Crippen LogP contribution in [-0.2, 0) is 6.54 Å². The first-order valence-electron chi connectivity index (χ1n) is 9.86. The molecule has 140 valence electrons. The molecule has 5 heteroatoms. The van der Waals surface area contributed by atoms with Gasteiger partial charge in [-0.1, -0.05) is 31.4 Å². The maximum Gasteiger partial charge on any atom is 0.165 e. The molecule has 27 heavy (non-hydrogen) atoms. The largest absolute Gasteiger partial charge is 0.504 e. The van der Waals surface area contributed by atoms with Crippen molar-refractivity contribution in [1.29, 1.82) is 0 Å². The van der Waals surface area contributed by atoms with Crippen molar-refractivity contribution >= 4 is 21.6 Å². The molecule has 2 aliphatic rings. The molecule has 1 saturated carbocycles. The van der Waals surface area contributed by atoms with Crippen molar-refractivity contribution in [1.82, 2.24) is 9.88 Å². The monoisotopic (exact) mass is 380 g/mol. The Morgan fingerprint density at radius 2 is 1.96 bits per heavy atom. The summed E-state index contributed by atoms with van der Waals surface area (Å²) < 4.78 is 7.11. The van der Waals surface area contributed by atoms with Gasteiger partial charge in [-0.2, -0.15) is 0 Å². The van der Waals surface area contributed by atoms with Gasteiger partial charge in [-0.05, 0) is 37.1 Å². The van der Waals surface area contributed by atoms with E-state index in [1.54, 1.807) is 17.4 Å². The van der Waals surface area contributed by atoms with Gasteiger partial charge in [-0.25, -0.2) is 4.98 Å². The molecule has 2 heterocycles. The van der Waals surface area contributed by atoms with Gasteiger partial charge >= 0.3 is 0 Å². The van der Waals surface area contributed by atoms with Crippen molar-refractivity contribution in [3.05, 3.63) is 42.0 Å². The summed E-state index contributed by atoms with van der Waals surface area (Å²) in [5.74, 6) is 0.880. The number of rotatable bonds is 2. The van der Waals surface area contributed by atoms with Gasteiger partial charge in [0.15, 0.2) is 11.5 Å². The molecule has 5 rings (SSSR count). The molecule has 0 atom stereocenters. The quantitative estimate of drug-likeness (QED) is 0.664. The van der Waals surface area contributed by atoms with E-state index in [-0.39, 0.29) is 5.75 Å². The summed E-state index contributed by atoms with van der Waals surface area (Å²) in [7, 11) is 0. The normalized spacial score (nSPS) is 18.8. The molecule has 1 aromatic heterocycles. The lowest BCUT2D eigenvalue weighted by molar-refractivity contribution is 0.136. The Morgan fingerprint density at radius 3 is 2.81 bits per heavy atom. The van der Waals surface area contributed by atoms with Crippen LogP contribution in [0.4, 0.5) is 0 Å². The number of benzene rings is 2. The zero-order chi connectivity index (χ0) is 18.2. The highest BCUT2D eigenvalue weighted by Gasteiger charge is 2.26. The average Bonchev–Trinajstić information content (AvgIpc) is 3.01. The van der Waals surface area contributed by atoms with Gasteiger partial charge in [-0.15, -0.1) is 11.3 Å². The summed E-state index contributed by atoms with van der Waals surface area (Å²) >= 11 is 1.67. The highest BCUT2D eigenvalue weighted by molar-refractivity contribution is 7.21. The van der Waals surface area contributed by atoms with Crippen molar-refractivity contribution in [3.8, 4) is 22.1 Å². The average molecular weight is 381 g/mol. The fraction of sp³-hybridized carbons (Fsp3) is 0.409. The number of fused-ring (bicyclic) bond motifs is 2. The lowest BCUT2D eigenvalue weighted by Gasteiger charge is -2.33. The number of hydrogen-bond donors (Lipinski definition) is 1. The lowest BCUT2D eigenvalue weighted by atomic mass is 9.94. The third-order valence-electron chi connectivity index (χ3n) is 5.78. The molecule has 1 aliphatic carbocycles. The maximum atomic E-state index is 10.6. The standard InChI is InChI=1S/C22H24N2O2S/c25-19-13-15(22-23-18-8-4-5-9-20(18)27-22)12-16-14-24(10-11-26-21(16)19)17-6-2-1-3-7-17/h4-5,8-9,12-13,17,25H,1-3,6-7,10-11,14H2. The Kier molecular flexibility index (Phi) is 4.50. The number of aromatic hydroxyl groups is 1. The van der Waals surface area contributed by atoms with Crippen LogP contribution in [0.5, 0.6) is 11.5 Å². The first-order valence-corrected chi connectivity index (χ1v) is 10.7. The van der Waals surface area contributed by atoms with Crippen LogP contribution in [-0.4, -0.2) is 34.2 Å². The summed E-state index contributed by atoms with van der Waals surface area (Å²) in [6.45, 7) is 2.40. The summed E-state index contributed by atoms with van der Waals surface area (Å²) in [6.07, 6.45) is 6.56. The van der Waals surface area contributed by atoms with Crippen LogP contribution in [0.25, 0.3) is 20.8 Å². The Hall–Kier alpha value is -2.11. The molecule has 0 bridgehead atoms. The smallest absolute Gasteiger partial charge is 0.165 e. The maximum absolute atomic E-state index is 10.6. The minimum Gasteiger partial charge on any atom is -0.504 e. The van der Waals surface area contributed by atoms with E-state index in [2.05, 4.69) is 17.0 Å². The van der Waals surface area contributed by atoms with Crippen LogP contribution >= 0.6 is 11.3 Å². The molecular formula is C22H24N2O2S. The number of phenolic OH excluding ortho intramolecular Hbond substituents is 1. The van der Waals surface area contributed by atoms with Crippen molar-refractivity contribution < 1.29 is 9.84 Å². The molecule has 1 aliphatic heterocycles. The first kappa shape index (κ1) is 17.0. The van der Waals surface area contributed by atoms with E-state index in [0.717, 1.165) is 34.7 Å². The van der Waals surface area contributed by atoms with Crippen LogP contribution in [0.3, 0.4) is 0 Å². The number of aromatic nitrogens is 1. The molecule has 0 amide bonds. The third kappa shape index (κ3) is 3.30. The molecule has 1 fully saturated rings. The molecule has 4 nitrogen and oxygen atoms in total. The molecule has 0 unspecified atom stereocenters. The summed E-state index contributed by atoms with van der Waals surface area (Å²) in [4.78, 5) is 7.31. The minimum atomic E-state index is 0.229. The van der Waals surface area contributed by atoms with Crippen molar-refractivity contribution in [3.63, 3.8) is 0 Å². The predicted molar refractivity (Wildman–Crippen MR) is 109 cm³/mol. The number of phenols is 1. The summed E-state index contributed by atoms with van der Waals surface area (Å²) in [5.41, 5.74) is 3.06. The molecule has 2 aromatic carbocycles. The molecular weight excluding hydrogens is 356 g/mol. The summed E-state index contributed by atoms with van der Waals surface area (Å²) in [5, 5.41) is 11.6. The number of ether oxygens (including phenoxy) is 1. The van der Waals surface area contributed by atoms with Gasteiger partial charge in [0.25, 0.3) is 0 Å². The fourth-order valence-corrected chi connectivity index (χ4v) is 5.35. The molecule has 1 N–H and O–H groups in total. The van der Waals surface area contributed by atoms with E-state index in [1.807, 2.05) is 18.2 Å². The molecule has 0 saturated heterocycles. The lowest BCUT2D eigenvalue weighted by Crippen LogP contribution is -2.37. The van der Waals surface area contributed by atoms with Gasteiger partial charge in [-0.3, -0.25) is 4.90 Å². The molecule has 0 radical (unpaired) electrons. The van der Waals surface area contributed by atoms with Gasteiger partial charge in [0, 0.05) is 30.3 Å². The second-order valence-corrected chi connectivity index (χ2v) is 8.61. The Bertz CT molecular complexity index is 929. The van der Waals surface area contributed by atoms with E-state index in [4.69, 9.17) is 9.72 Å². The minimum absolute atomic E-state index is 0.229. The zero-order valence-corrected chi connectivity index (χ0v) is 16.2. The second-order valence-electron chi connectivity index (χ2n) is 7.58. The van der Waals surface area contributed by atoms with Gasteiger partial charge < -0.3 is 9.84 Å². The number of hydrogen-bond acceptors (Lipinski definition) is 5. The second kappa shape index (κ2) is 7.13. The Morgan fingerprint density at radius 1 is 1.11 bits per heavy atom. The van der Waals surface area contributed by atoms with Crippen LogP contribution in [0, 0.1) is 0 Å². The zero-order valence-electron chi connectivity index (χ0n) is 15.4. The van der Waals surface area contributed by atoms with E-state index in [1.165, 1.54) is 36.8 Å². The molecule has 3 aromatic rings. The van der Waals surface area contributed by atoms with Gasteiger partial charge in [0.2, 0.25) is 0 Å². The Balaban J connectivity index is 1.51. The fourth-order valence-electron chi connectivity index (χ4n) is 4.40. The van der Waals surface area contributed by atoms with Gasteiger partial charge in [0.1, 0.15) is 11.6 Å². The SMILES string of the molecule is Oc1cc(-c2nc3ccccc3s2)cc2c1OCCN(C1CCCCC1)C2. The van der Waals surface area contributed by atoms with Crippen molar-refractivity contribution in [2.24, 2.45) is 0 Å². The van der Waals surface area contributed by atoms with Crippen molar-refractivity contribution in [2.75, 3.05) is 13.2 Å². The first-order chi connectivity index (χ1) is 13.3. The number of para-hydroxylation sites is 1. The predicted octanol–water partition coefficient (Wildman–Crippen LogP) is 5.20. The number of nitrogens with zero attached hydrogens (tertiary/aromatic N) is 2. The van der Waals surface area contributed by atoms with Crippen LogP contribution in [0.15, 0.2) is 36.4 Å². The van der Waals surface area contributed by atoms with E-state index < -0.39 is 0 Å². The highest BCUT2D eigenvalue weighted by Crippen LogP contribution is 2.40. The Labute approximate surface area is 163 Å².